The maximum atomic E-state index is 6.10. The van der Waals surface area contributed by atoms with Gasteiger partial charge in [-0.25, -0.2) is 4.99 Å². The third-order valence-corrected chi connectivity index (χ3v) is 5.08. The van der Waals surface area contributed by atoms with Gasteiger partial charge < -0.3 is 24.8 Å². The Morgan fingerprint density at radius 3 is 2.59 bits per heavy atom. The largest absolute Gasteiger partial charge is 0.497 e. The molecule has 0 aliphatic carbocycles. The third kappa shape index (κ3) is 7.85. The normalized spacial score (nSPS) is 19.9. The van der Waals surface area contributed by atoms with Crippen LogP contribution in [0, 0.1) is 11.3 Å². The summed E-state index contributed by atoms with van der Waals surface area (Å²) in [7, 11) is 3.32. The molecule has 1 saturated heterocycles. The summed E-state index contributed by atoms with van der Waals surface area (Å²) in [4.78, 5) is 4.75. The van der Waals surface area contributed by atoms with Gasteiger partial charge in [-0.1, -0.05) is 20.8 Å². The van der Waals surface area contributed by atoms with Crippen molar-refractivity contribution in [2.75, 3.05) is 33.9 Å². The Balaban J connectivity index is 0.00000420. The SMILES string of the molecule is CCNC(=NCc1ccc(OC)cc1OC)NCC1CCCOC1C(C)(C)C.I. The van der Waals surface area contributed by atoms with Gasteiger partial charge in [-0.05, 0) is 37.3 Å². The maximum absolute atomic E-state index is 6.10. The summed E-state index contributed by atoms with van der Waals surface area (Å²) in [6.45, 7) is 11.9. The molecule has 1 aliphatic heterocycles. The van der Waals surface area contributed by atoms with Crippen molar-refractivity contribution in [3.8, 4) is 11.5 Å². The molecule has 0 bridgehead atoms. The fourth-order valence-corrected chi connectivity index (χ4v) is 3.73. The van der Waals surface area contributed by atoms with E-state index in [0.29, 0.717) is 12.5 Å². The molecule has 2 atom stereocenters. The molecule has 0 saturated carbocycles. The third-order valence-electron chi connectivity index (χ3n) is 5.08. The number of hydrogen-bond donors (Lipinski definition) is 2. The first-order valence-corrected chi connectivity index (χ1v) is 10.2. The van der Waals surface area contributed by atoms with E-state index in [2.05, 4.69) is 38.3 Å². The van der Waals surface area contributed by atoms with E-state index in [0.717, 1.165) is 49.1 Å². The second-order valence-electron chi connectivity index (χ2n) is 8.31. The Morgan fingerprint density at radius 1 is 1.21 bits per heavy atom. The summed E-state index contributed by atoms with van der Waals surface area (Å²) in [5, 5.41) is 6.85. The van der Waals surface area contributed by atoms with Crippen LogP contribution in [0.5, 0.6) is 11.5 Å². The van der Waals surface area contributed by atoms with Crippen LogP contribution in [0.1, 0.15) is 46.1 Å². The van der Waals surface area contributed by atoms with Crippen molar-refractivity contribution in [3.63, 3.8) is 0 Å². The van der Waals surface area contributed by atoms with Crippen LogP contribution in [0.3, 0.4) is 0 Å². The number of benzene rings is 1. The van der Waals surface area contributed by atoms with Crippen LogP contribution < -0.4 is 20.1 Å². The van der Waals surface area contributed by atoms with Crippen molar-refractivity contribution in [2.24, 2.45) is 16.3 Å². The molecule has 1 aromatic carbocycles. The number of nitrogens with one attached hydrogen (secondary N) is 2. The zero-order chi connectivity index (χ0) is 20.6. The number of rotatable bonds is 7. The highest BCUT2D eigenvalue weighted by atomic mass is 127. The van der Waals surface area contributed by atoms with Crippen molar-refractivity contribution in [1.82, 2.24) is 10.6 Å². The lowest BCUT2D eigenvalue weighted by molar-refractivity contribution is -0.0835. The molecular weight excluding hydrogens is 481 g/mol. The number of halogens is 1. The first-order chi connectivity index (χ1) is 13.4. The molecule has 2 unspecified atom stereocenters. The fraction of sp³-hybridized carbons (Fsp3) is 0.682. The van der Waals surface area contributed by atoms with Crippen LogP contribution in [0.4, 0.5) is 0 Å². The summed E-state index contributed by atoms with van der Waals surface area (Å²) >= 11 is 0. The minimum absolute atomic E-state index is 0. The molecule has 6 nitrogen and oxygen atoms in total. The van der Waals surface area contributed by atoms with E-state index < -0.39 is 0 Å². The van der Waals surface area contributed by atoms with Gasteiger partial charge in [0.05, 0.1) is 26.9 Å². The van der Waals surface area contributed by atoms with Crippen LogP contribution in [-0.2, 0) is 11.3 Å². The molecule has 1 heterocycles. The van der Waals surface area contributed by atoms with Gasteiger partial charge in [0.25, 0.3) is 0 Å². The lowest BCUT2D eigenvalue weighted by Crippen LogP contribution is -2.47. The molecule has 0 aromatic heterocycles. The van der Waals surface area contributed by atoms with Crippen molar-refractivity contribution < 1.29 is 14.2 Å². The van der Waals surface area contributed by atoms with Gasteiger partial charge in [0.2, 0.25) is 0 Å². The Morgan fingerprint density at radius 2 is 1.97 bits per heavy atom. The highest BCUT2D eigenvalue weighted by Crippen LogP contribution is 2.33. The number of methoxy groups -OCH3 is 2. The van der Waals surface area contributed by atoms with Crippen LogP contribution in [0.2, 0.25) is 0 Å². The van der Waals surface area contributed by atoms with E-state index in [4.69, 9.17) is 19.2 Å². The van der Waals surface area contributed by atoms with Gasteiger partial charge in [0.1, 0.15) is 11.5 Å². The summed E-state index contributed by atoms with van der Waals surface area (Å²) in [6.07, 6.45) is 2.56. The minimum atomic E-state index is 0. The predicted octanol–water partition coefficient (Wildman–Crippen LogP) is 4.22. The topological polar surface area (TPSA) is 64.1 Å². The zero-order valence-electron chi connectivity index (χ0n) is 18.7. The summed E-state index contributed by atoms with van der Waals surface area (Å²) in [5.74, 6) is 2.86. The number of ether oxygens (including phenoxy) is 3. The molecule has 1 aromatic rings. The van der Waals surface area contributed by atoms with Gasteiger partial charge in [0, 0.05) is 37.2 Å². The molecule has 2 N–H and O–H groups in total. The molecule has 2 rings (SSSR count). The lowest BCUT2D eigenvalue weighted by atomic mass is 9.78. The van der Waals surface area contributed by atoms with Crippen LogP contribution >= 0.6 is 24.0 Å². The highest BCUT2D eigenvalue weighted by Gasteiger charge is 2.35. The Hall–Kier alpha value is -1.22. The molecule has 29 heavy (non-hydrogen) atoms. The van der Waals surface area contributed by atoms with Gasteiger partial charge in [0.15, 0.2) is 5.96 Å². The van der Waals surface area contributed by atoms with E-state index in [-0.39, 0.29) is 35.5 Å². The quantitative estimate of drug-likeness (QED) is 0.321. The van der Waals surface area contributed by atoms with Gasteiger partial charge in [-0.15, -0.1) is 24.0 Å². The van der Waals surface area contributed by atoms with Gasteiger partial charge in [-0.3, -0.25) is 0 Å². The van der Waals surface area contributed by atoms with Gasteiger partial charge in [-0.2, -0.15) is 0 Å². The zero-order valence-corrected chi connectivity index (χ0v) is 21.0. The summed E-state index contributed by atoms with van der Waals surface area (Å²) < 4.78 is 16.8. The fourth-order valence-electron chi connectivity index (χ4n) is 3.73. The maximum Gasteiger partial charge on any atom is 0.191 e. The molecule has 7 heteroatoms. The first-order valence-electron chi connectivity index (χ1n) is 10.2. The molecule has 0 radical (unpaired) electrons. The summed E-state index contributed by atoms with van der Waals surface area (Å²) in [5.41, 5.74) is 1.16. The Kier molecular flexibility index (Phi) is 11.1. The van der Waals surface area contributed by atoms with Crippen molar-refractivity contribution in [3.05, 3.63) is 23.8 Å². The second-order valence-corrected chi connectivity index (χ2v) is 8.31. The highest BCUT2D eigenvalue weighted by molar-refractivity contribution is 14.0. The number of aliphatic imine (C=N–C) groups is 1. The number of nitrogens with zero attached hydrogens (tertiary/aromatic N) is 1. The molecule has 166 valence electrons. The van der Waals surface area contributed by atoms with E-state index in [1.165, 1.54) is 6.42 Å². The Bertz CT molecular complexity index is 647. The van der Waals surface area contributed by atoms with Crippen LogP contribution in [0.25, 0.3) is 0 Å². The van der Waals surface area contributed by atoms with Crippen molar-refractivity contribution in [1.29, 1.82) is 0 Å². The Labute approximate surface area is 193 Å². The van der Waals surface area contributed by atoms with Crippen LogP contribution in [-0.4, -0.2) is 46.0 Å². The van der Waals surface area contributed by atoms with E-state index >= 15 is 0 Å². The number of hydrogen-bond acceptors (Lipinski definition) is 4. The smallest absolute Gasteiger partial charge is 0.191 e. The van der Waals surface area contributed by atoms with Crippen LogP contribution in [0.15, 0.2) is 23.2 Å². The minimum Gasteiger partial charge on any atom is -0.497 e. The first kappa shape index (κ1) is 25.8. The molecule has 1 fully saturated rings. The van der Waals surface area contributed by atoms with E-state index in [9.17, 15) is 0 Å². The average Bonchev–Trinajstić information content (AvgIpc) is 2.69. The average molecular weight is 519 g/mol. The van der Waals surface area contributed by atoms with Gasteiger partial charge >= 0.3 is 0 Å². The monoisotopic (exact) mass is 519 g/mol. The molecule has 0 amide bonds. The standard InChI is InChI=1S/C22H37N3O3.HI/c1-7-23-21(24-14-16-10-11-18(26-5)13-19(16)27-6)25-15-17-9-8-12-28-20(17)22(2,3)4;/h10-11,13,17,20H,7-9,12,14-15H2,1-6H3,(H2,23,24,25);1H. The molecule has 0 spiro atoms. The molecule has 1 aliphatic rings. The second kappa shape index (κ2) is 12.5. The van der Waals surface area contributed by atoms with Crippen molar-refractivity contribution in [2.45, 2.75) is 53.2 Å². The van der Waals surface area contributed by atoms with E-state index in [1.807, 2.05) is 18.2 Å². The van der Waals surface area contributed by atoms with E-state index in [1.54, 1.807) is 14.2 Å². The van der Waals surface area contributed by atoms with Crippen molar-refractivity contribution >= 4 is 29.9 Å². The number of guanidine groups is 1. The predicted molar refractivity (Wildman–Crippen MR) is 130 cm³/mol. The lowest BCUT2D eigenvalue weighted by Gasteiger charge is -2.40. The summed E-state index contributed by atoms with van der Waals surface area (Å²) in [6, 6.07) is 5.81. The molecular formula is C22H38IN3O3.